The lowest BCUT2D eigenvalue weighted by Crippen LogP contribution is -2.37. The molecule has 0 bridgehead atoms. The van der Waals surface area contributed by atoms with Crippen molar-refractivity contribution in [3.8, 4) is 11.5 Å². The summed E-state index contributed by atoms with van der Waals surface area (Å²) < 4.78 is 16.6. The van der Waals surface area contributed by atoms with Crippen molar-refractivity contribution in [1.29, 1.82) is 0 Å². The van der Waals surface area contributed by atoms with E-state index >= 15 is 0 Å². The maximum atomic E-state index is 11.8. The fraction of sp³-hybridized carbons (Fsp3) is 0.588. The molecular formula is C17H25ClN2O4. The Labute approximate surface area is 148 Å². The summed E-state index contributed by atoms with van der Waals surface area (Å²) in [5, 5.41) is 6.07. The van der Waals surface area contributed by atoms with Crippen LogP contribution in [0.2, 0.25) is 0 Å². The second kappa shape index (κ2) is 9.71. The van der Waals surface area contributed by atoms with E-state index in [1.807, 2.05) is 18.2 Å². The number of nitrogens with one attached hydrogen (secondary N) is 2. The normalized spacial score (nSPS) is 18.8. The van der Waals surface area contributed by atoms with Gasteiger partial charge in [-0.3, -0.25) is 4.79 Å². The average molecular weight is 357 g/mol. The molecule has 0 saturated carbocycles. The van der Waals surface area contributed by atoms with Gasteiger partial charge in [0.05, 0.1) is 12.6 Å². The number of rotatable bonds is 7. The number of hydrogen-bond acceptors (Lipinski definition) is 5. The highest BCUT2D eigenvalue weighted by Crippen LogP contribution is 2.30. The van der Waals surface area contributed by atoms with Gasteiger partial charge in [0.1, 0.15) is 13.2 Å². The van der Waals surface area contributed by atoms with Crippen molar-refractivity contribution < 1.29 is 19.0 Å². The molecule has 134 valence electrons. The number of amides is 1. The molecule has 2 aliphatic heterocycles. The van der Waals surface area contributed by atoms with Crippen molar-refractivity contribution in [2.45, 2.75) is 25.4 Å². The molecule has 1 saturated heterocycles. The number of benzene rings is 1. The smallest absolute Gasteiger partial charge is 0.233 e. The number of hydrogen-bond donors (Lipinski definition) is 2. The number of fused-ring (bicyclic) bond motifs is 1. The molecule has 7 heteroatoms. The average Bonchev–Trinajstić information content (AvgIpc) is 3.08. The quantitative estimate of drug-likeness (QED) is 0.771. The molecule has 2 heterocycles. The van der Waals surface area contributed by atoms with Crippen LogP contribution in [0.25, 0.3) is 0 Å². The van der Waals surface area contributed by atoms with Gasteiger partial charge in [-0.1, -0.05) is 6.07 Å². The first-order valence-corrected chi connectivity index (χ1v) is 8.29. The van der Waals surface area contributed by atoms with Crippen LogP contribution in [0.5, 0.6) is 11.5 Å². The van der Waals surface area contributed by atoms with E-state index in [1.165, 1.54) is 0 Å². The highest BCUT2D eigenvalue weighted by molar-refractivity contribution is 5.85. The zero-order chi connectivity index (χ0) is 15.9. The van der Waals surface area contributed by atoms with Crippen molar-refractivity contribution in [1.82, 2.24) is 10.6 Å². The molecule has 1 aromatic rings. The predicted molar refractivity (Wildman–Crippen MR) is 93.2 cm³/mol. The van der Waals surface area contributed by atoms with E-state index in [1.54, 1.807) is 0 Å². The fourth-order valence-corrected chi connectivity index (χ4v) is 2.80. The minimum absolute atomic E-state index is 0. The summed E-state index contributed by atoms with van der Waals surface area (Å²) in [7, 11) is 0. The van der Waals surface area contributed by atoms with Crippen LogP contribution in [-0.2, 0) is 16.0 Å². The largest absolute Gasteiger partial charge is 0.486 e. The number of ether oxygens (including phenoxy) is 3. The Morgan fingerprint density at radius 2 is 2.00 bits per heavy atom. The van der Waals surface area contributed by atoms with E-state index in [2.05, 4.69) is 10.6 Å². The van der Waals surface area contributed by atoms with Gasteiger partial charge in [-0.2, -0.15) is 0 Å². The van der Waals surface area contributed by atoms with E-state index in [4.69, 9.17) is 14.2 Å². The van der Waals surface area contributed by atoms with E-state index < -0.39 is 0 Å². The molecular weight excluding hydrogens is 332 g/mol. The van der Waals surface area contributed by atoms with E-state index in [-0.39, 0.29) is 24.4 Å². The van der Waals surface area contributed by atoms with Crippen LogP contribution in [-0.4, -0.2) is 51.5 Å². The molecule has 6 nitrogen and oxygen atoms in total. The lowest BCUT2D eigenvalue weighted by atomic mass is 10.1. The maximum Gasteiger partial charge on any atom is 0.233 e. The molecule has 2 aliphatic rings. The van der Waals surface area contributed by atoms with Gasteiger partial charge in [0.25, 0.3) is 0 Å². The van der Waals surface area contributed by atoms with Gasteiger partial charge < -0.3 is 24.8 Å². The zero-order valence-corrected chi connectivity index (χ0v) is 14.5. The van der Waals surface area contributed by atoms with E-state index in [0.29, 0.717) is 26.3 Å². The minimum atomic E-state index is 0. The van der Waals surface area contributed by atoms with Gasteiger partial charge in [-0.05, 0) is 37.0 Å². The minimum Gasteiger partial charge on any atom is -0.486 e. The van der Waals surface area contributed by atoms with Crippen LogP contribution in [0.3, 0.4) is 0 Å². The first kappa shape index (κ1) is 18.8. The summed E-state index contributed by atoms with van der Waals surface area (Å²) in [6.45, 7) is 3.72. The van der Waals surface area contributed by atoms with Gasteiger partial charge in [-0.15, -0.1) is 12.4 Å². The number of halogens is 1. The number of carbonyl (C=O) groups excluding carboxylic acids is 1. The zero-order valence-electron chi connectivity index (χ0n) is 13.7. The van der Waals surface area contributed by atoms with Crippen molar-refractivity contribution in [2.75, 3.05) is 39.5 Å². The number of carbonyl (C=O) groups is 1. The van der Waals surface area contributed by atoms with Crippen LogP contribution >= 0.6 is 12.4 Å². The molecule has 1 fully saturated rings. The lowest BCUT2D eigenvalue weighted by molar-refractivity contribution is -0.120. The van der Waals surface area contributed by atoms with Gasteiger partial charge in [0, 0.05) is 19.7 Å². The van der Waals surface area contributed by atoms with Crippen molar-refractivity contribution in [3.63, 3.8) is 0 Å². The predicted octanol–water partition coefficient (Wildman–Crippen LogP) is 1.31. The molecule has 2 N–H and O–H groups in total. The molecule has 3 rings (SSSR count). The van der Waals surface area contributed by atoms with E-state index in [0.717, 1.165) is 49.5 Å². The highest BCUT2D eigenvalue weighted by Gasteiger charge is 2.15. The lowest BCUT2D eigenvalue weighted by Gasteiger charge is -2.18. The van der Waals surface area contributed by atoms with Crippen molar-refractivity contribution in [2.24, 2.45) is 0 Å². The molecule has 0 radical (unpaired) electrons. The molecule has 0 spiro atoms. The second-order valence-electron chi connectivity index (χ2n) is 5.84. The van der Waals surface area contributed by atoms with Crippen LogP contribution in [0, 0.1) is 0 Å². The Morgan fingerprint density at radius 3 is 2.79 bits per heavy atom. The fourth-order valence-electron chi connectivity index (χ4n) is 2.80. The van der Waals surface area contributed by atoms with Gasteiger partial charge >= 0.3 is 0 Å². The van der Waals surface area contributed by atoms with Crippen LogP contribution in [0.1, 0.15) is 18.4 Å². The Morgan fingerprint density at radius 1 is 1.17 bits per heavy atom. The summed E-state index contributed by atoms with van der Waals surface area (Å²) >= 11 is 0. The topological polar surface area (TPSA) is 68.8 Å². The first-order chi connectivity index (χ1) is 11.3. The molecule has 1 amide bonds. The summed E-state index contributed by atoms with van der Waals surface area (Å²) in [6, 6.07) is 5.92. The standard InChI is InChI=1S/C17H24N2O4.ClH/c20-17(12-18-11-14-2-1-7-21-14)19-6-5-13-3-4-15-16(10-13)23-9-8-22-15;/h3-4,10,14,18H,1-2,5-9,11-12H2,(H,19,20);1H. The monoisotopic (exact) mass is 356 g/mol. The summed E-state index contributed by atoms with van der Waals surface area (Å²) in [4.78, 5) is 11.8. The highest BCUT2D eigenvalue weighted by atomic mass is 35.5. The first-order valence-electron chi connectivity index (χ1n) is 8.29. The van der Waals surface area contributed by atoms with Gasteiger partial charge in [-0.25, -0.2) is 0 Å². The van der Waals surface area contributed by atoms with Crippen molar-refractivity contribution in [3.05, 3.63) is 23.8 Å². The SMILES string of the molecule is Cl.O=C(CNCC1CCCO1)NCCc1ccc2c(c1)OCCO2. The van der Waals surface area contributed by atoms with Crippen LogP contribution in [0.4, 0.5) is 0 Å². The van der Waals surface area contributed by atoms with Crippen LogP contribution < -0.4 is 20.1 Å². The molecule has 0 aliphatic carbocycles. The third kappa shape index (κ3) is 5.54. The Bertz CT molecular complexity index is 535. The molecule has 0 aromatic heterocycles. The Balaban J connectivity index is 0.00000208. The van der Waals surface area contributed by atoms with E-state index in [9.17, 15) is 4.79 Å². The summed E-state index contributed by atoms with van der Waals surface area (Å²) in [5.41, 5.74) is 1.13. The third-order valence-corrected chi connectivity index (χ3v) is 4.02. The van der Waals surface area contributed by atoms with Gasteiger partial charge in [0.2, 0.25) is 5.91 Å². The van der Waals surface area contributed by atoms with Crippen molar-refractivity contribution >= 4 is 18.3 Å². The second-order valence-corrected chi connectivity index (χ2v) is 5.84. The molecule has 24 heavy (non-hydrogen) atoms. The third-order valence-electron chi connectivity index (χ3n) is 4.02. The van der Waals surface area contributed by atoms with Gasteiger partial charge in [0.15, 0.2) is 11.5 Å². The maximum absolute atomic E-state index is 11.8. The van der Waals surface area contributed by atoms with Crippen LogP contribution in [0.15, 0.2) is 18.2 Å². The molecule has 1 atom stereocenters. The summed E-state index contributed by atoms with van der Waals surface area (Å²) in [6.07, 6.45) is 3.24. The Kier molecular flexibility index (Phi) is 7.62. The Hall–Kier alpha value is -1.50. The molecule has 1 aromatic carbocycles. The summed E-state index contributed by atoms with van der Waals surface area (Å²) in [5.74, 6) is 1.60. The molecule has 1 unspecified atom stereocenters.